The van der Waals surface area contributed by atoms with Crippen LogP contribution in [0.25, 0.3) is 0 Å². The second-order valence-electron chi connectivity index (χ2n) is 4.71. The molecule has 3 N–H and O–H groups in total. The zero-order chi connectivity index (χ0) is 12.0. The number of nitrogen functional groups attached to an aromatic ring is 1. The highest BCUT2D eigenvalue weighted by molar-refractivity contribution is 14.1. The molecule has 2 saturated heterocycles. The van der Waals surface area contributed by atoms with Crippen LogP contribution in [0.2, 0.25) is 0 Å². The normalized spacial score (nSPS) is 30.8. The highest BCUT2D eigenvalue weighted by Gasteiger charge is 2.40. The van der Waals surface area contributed by atoms with Crippen molar-refractivity contribution < 1.29 is 9.13 Å². The van der Waals surface area contributed by atoms with Crippen molar-refractivity contribution in [1.29, 1.82) is 0 Å². The third-order valence-corrected chi connectivity index (χ3v) is 4.37. The summed E-state index contributed by atoms with van der Waals surface area (Å²) in [6, 6.07) is 3.41. The van der Waals surface area contributed by atoms with Crippen LogP contribution in [0.15, 0.2) is 12.1 Å². The van der Waals surface area contributed by atoms with E-state index in [1.807, 2.05) is 22.6 Å². The van der Waals surface area contributed by atoms with Gasteiger partial charge in [0, 0.05) is 6.07 Å². The van der Waals surface area contributed by atoms with E-state index in [-0.39, 0.29) is 18.0 Å². The molecule has 0 aliphatic carbocycles. The lowest BCUT2D eigenvalue weighted by Crippen LogP contribution is -2.30. The van der Waals surface area contributed by atoms with Crippen LogP contribution in [0.1, 0.15) is 19.3 Å². The van der Waals surface area contributed by atoms with Gasteiger partial charge in [-0.1, -0.05) is 0 Å². The van der Waals surface area contributed by atoms with Crippen molar-refractivity contribution in [3.63, 3.8) is 0 Å². The van der Waals surface area contributed by atoms with Gasteiger partial charge in [-0.15, -0.1) is 0 Å². The average molecular weight is 348 g/mol. The second kappa shape index (κ2) is 4.28. The maximum absolute atomic E-state index is 13.5. The lowest BCUT2D eigenvalue weighted by atomic mass is 9.95. The first-order valence-corrected chi connectivity index (χ1v) is 6.88. The summed E-state index contributed by atoms with van der Waals surface area (Å²) < 4.78 is 19.8. The Kier molecular flexibility index (Phi) is 2.90. The largest absolute Gasteiger partial charge is 0.397 e. The van der Waals surface area contributed by atoms with Gasteiger partial charge in [0.05, 0.1) is 33.2 Å². The molecule has 2 fully saturated rings. The maximum Gasteiger partial charge on any atom is 0.138 e. The fraction of sp³-hybridized carbons (Fsp3) is 0.500. The minimum absolute atomic E-state index is 0.230. The molecule has 3 atom stereocenters. The number of benzene rings is 1. The first-order valence-electron chi connectivity index (χ1n) is 5.80. The van der Waals surface area contributed by atoms with Gasteiger partial charge in [-0.3, -0.25) is 0 Å². The summed E-state index contributed by atoms with van der Waals surface area (Å²) in [4.78, 5) is 0. The molecule has 0 radical (unpaired) electrons. The van der Waals surface area contributed by atoms with Crippen molar-refractivity contribution in [3.8, 4) is 0 Å². The molecule has 0 saturated carbocycles. The van der Waals surface area contributed by atoms with Gasteiger partial charge in [0.25, 0.3) is 0 Å². The number of fused-ring (bicyclic) bond motifs is 2. The Morgan fingerprint density at radius 1 is 1.41 bits per heavy atom. The summed E-state index contributed by atoms with van der Waals surface area (Å²) in [7, 11) is 0. The topological polar surface area (TPSA) is 47.3 Å². The molecule has 2 heterocycles. The van der Waals surface area contributed by atoms with Gasteiger partial charge in [-0.05, 0) is 47.9 Å². The van der Waals surface area contributed by atoms with E-state index in [9.17, 15) is 4.39 Å². The number of ether oxygens (including phenoxy) is 1. The first kappa shape index (κ1) is 11.5. The van der Waals surface area contributed by atoms with Crippen molar-refractivity contribution in [3.05, 3.63) is 21.5 Å². The molecule has 17 heavy (non-hydrogen) atoms. The monoisotopic (exact) mass is 348 g/mol. The predicted octanol–water partition coefficient (Wildman–Crippen LogP) is 2.74. The summed E-state index contributed by atoms with van der Waals surface area (Å²) >= 11 is 1.94. The molecule has 92 valence electrons. The Morgan fingerprint density at radius 3 is 2.88 bits per heavy atom. The van der Waals surface area contributed by atoms with Crippen molar-refractivity contribution in [1.82, 2.24) is 0 Å². The zero-order valence-corrected chi connectivity index (χ0v) is 11.4. The lowest BCUT2D eigenvalue weighted by Gasteiger charge is -2.22. The number of anilines is 2. The Balaban J connectivity index is 1.79. The fourth-order valence-corrected chi connectivity index (χ4v) is 3.17. The van der Waals surface area contributed by atoms with Crippen LogP contribution < -0.4 is 11.1 Å². The maximum atomic E-state index is 13.5. The number of hydrogen-bond donors (Lipinski definition) is 2. The van der Waals surface area contributed by atoms with Gasteiger partial charge in [0.2, 0.25) is 0 Å². The summed E-state index contributed by atoms with van der Waals surface area (Å²) in [5.74, 6) is -0.230. The van der Waals surface area contributed by atoms with Gasteiger partial charge in [0.15, 0.2) is 0 Å². The highest BCUT2D eigenvalue weighted by atomic mass is 127. The summed E-state index contributed by atoms with van der Waals surface area (Å²) in [5.41, 5.74) is 7.17. The molecule has 2 bridgehead atoms. The average Bonchev–Trinajstić information content (AvgIpc) is 2.87. The van der Waals surface area contributed by atoms with E-state index in [1.54, 1.807) is 6.07 Å². The number of nitrogens with two attached hydrogens (primary N) is 1. The molecule has 0 spiro atoms. The fourth-order valence-electron chi connectivity index (χ4n) is 2.68. The minimum Gasteiger partial charge on any atom is -0.397 e. The first-order chi connectivity index (χ1) is 8.13. The SMILES string of the molecule is Nc1cc(I)c(F)cc1NC1CC2CCC1O2. The van der Waals surface area contributed by atoms with E-state index < -0.39 is 0 Å². The van der Waals surface area contributed by atoms with E-state index in [2.05, 4.69) is 5.32 Å². The number of hydrogen-bond acceptors (Lipinski definition) is 3. The Bertz CT molecular complexity index is 454. The van der Waals surface area contributed by atoms with Crippen LogP contribution >= 0.6 is 22.6 Å². The Morgan fingerprint density at radius 2 is 2.24 bits per heavy atom. The van der Waals surface area contributed by atoms with Gasteiger partial charge in [-0.2, -0.15) is 0 Å². The molecule has 0 amide bonds. The number of rotatable bonds is 2. The second-order valence-corrected chi connectivity index (χ2v) is 5.88. The van der Waals surface area contributed by atoms with E-state index in [0.717, 1.165) is 19.3 Å². The lowest BCUT2D eigenvalue weighted by molar-refractivity contribution is 0.102. The molecule has 1 aromatic rings. The number of nitrogens with one attached hydrogen (secondary N) is 1. The molecule has 2 aliphatic heterocycles. The minimum atomic E-state index is -0.230. The van der Waals surface area contributed by atoms with Crippen LogP contribution in [-0.2, 0) is 4.74 Å². The van der Waals surface area contributed by atoms with Crippen LogP contribution in [-0.4, -0.2) is 18.2 Å². The quantitative estimate of drug-likeness (QED) is 0.638. The molecular formula is C12H14FIN2O. The van der Waals surface area contributed by atoms with Gasteiger partial charge in [0.1, 0.15) is 5.82 Å². The number of halogens is 2. The standard InChI is InChI=1S/C12H14FIN2O/c13-7-4-10(9(15)5-8(7)14)16-11-3-6-1-2-12(11)17-6/h4-6,11-12,16H,1-3,15H2. The molecular weight excluding hydrogens is 334 g/mol. The molecule has 0 aromatic heterocycles. The third-order valence-electron chi connectivity index (χ3n) is 3.54. The van der Waals surface area contributed by atoms with Crippen LogP contribution in [0.3, 0.4) is 0 Å². The van der Waals surface area contributed by atoms with Gasteiger partial charge in [-0.25, -0.2) is 4.39 Å². The smallest absolute Gasteiger partial charge is 0.138 e. The van der Waals surface area contributed by atoms with E-state index >= 15 is 0 Å². The molecule has 3 unspecified atom stereocenters. The van der Waals surface area contributed by atoms with Gasteiger partial charge < -0.3 is 15.8 Å². The van der Waals surface area contributed by atoms with Crippen LogP contribution in [0.4, 0.5) is 15.8 Å². The summed E-state index contributed by atoms with van der Waals surface area (Å²) in [6.45, 7) is 0. The van der Waals surface area contributed by atoms with E-state index in [4.69, 9.17) is 10.5 Å². The summed E-state index contributed by atoms with van der Waals surface area (Å²) in [6.07, 6.45) is 3.89. The molecule has 1 aromatic carbocycles. The van der Waals surface area contributed by atoms with Gasteiger partial charge >= 0.3 is 0 Å². The van der Waals surface area contributed by atoms with Crippen molar-refractivity contribution in [2.45, 2.75) is 37.5 Å². The zero-order valence-electron chi connectivity index (χ0n) is 9.25. The van der Waals surface area contributed by atoms with Crippen LogP contribution in [0.5, 0.6) is 0 Å². The molecule has 3 rings (SSSR count). The molecule has 5 heteroatoms. The third kappa shape index (κ3) is 2.10. The summed E-state index contributed by atoms with van der Waals surface area (Å²) in [5, 5.41) is 3.32. The van der Waals surface area contributed by atoms with Crippen LogP contribution in [0, 0.1) is 9.39 Å². The van der Waals surface area contributed by atoms with E-state index in [0.29, 0.717) is 21.0 Å². The van der Waals surface area contributed by atoms with Crippen molar-refractivity contribution in [2.75, 3.05) is 11.1 Å². The Hall–Kier alpha value is -0.560. The predicted molar refractivity (Wildman–Crippen MR) is 73.5 cm³/mol. The molecule has 2 aliphatic rings. The van der Waals surface area contributed by atoms with Crippen molar-refractivity contribution in [2.24, 2.45) is 0 Å². The highest BCUT2D eigenvalue weighted by Crippen LogP contribution is 2.37. The van der Waals surface area contributed by atoms with E-state index in [1.165, 1.54) is 6.07 Å². The van der Waals surface area contributed by atoms with Crippen molar-refractivity contribution >= 4 is 34.0 Å². The molecule has 3 nitrogen and oxygen atoms in total. The Labute approximate surface area is 113 Å².